The monoisotopic (exact) mass is 429 g/mol. The van der Waals surface area contributed by atoms with Gasteiger partial charge < -0.3 is 14.5 Å². The maximum Gasteiger partial charge on any atom is 0.416 e. The number of amides is 1. The molecule has 0 atom stereocenters. The molecule has 0 unspecified atom stereocenters. The summed E-state index contributed by atoms with van der Waals surface area (Å²) in [6.07, 6.45) is -4.50. The first-order chi connectivity index (χ1) is 13.2. The molecule has 3 aromatic rings. The van der Waals surface area contributed by atoms with Crippen molar-refractivity contribution >= 4 is 34.8 Å². The van der Waals surface area contributed by atoms with Gasteiger partial charge in [0.1, 0.15) is 18.1 Å². The summed E-state index contributed by atoms with van der Waals surface area (Å²) in [7, 11) is 0. The largest absolute Gasteiger partial charge is 0.484 e. The highest BCUT2D eigenvalue weighted by Crippen LogP contribution is 2.31. The normalized spacial score (nSPS) is 11.3. The van der Waals surface area contributed by atoms with Crippen molar-refractivity contribution in [1.82, 2.24) is 0 Å². The highest BCUT2D eigenvalue weighted by molar-refractivity contribution is 6.35. The van der Waals surface area contributed by atoms with Crippen LogP contribution in [0.5, 0.6) is 5.75 Å². The van der Waals surface area contributed by atoms with Crippen LogP contribution in [0.2, 0.25) is 10.0 Å². The van der Waals surface area contributed by atoms with Gasteiger partial charge in [0.25, 0.3) is 5.91 Å². The molecule has 1 aromatic heterocycles. The lowest BCUT2D eigenvalue weighted by Gasteiger charge is -2.09. The second-order valence-electron chi connectivity index (χ2n) is 5.66. The SMILES string of the molecule is O=C(Nc1cccc(C(F)(F)F)c1)c1ccc(COc2ccc(Cl)cc2Cl)o1. The van der Waals surface area contributed by atoms with Gasteiger partial charge in [0.15, 0.2) is 5.76 Å². The first-order valence-electron chi connectivity index (χ1n) is 7.87. The van der Waals surface area contributed by atoms with E-state index in [0.29, 0.717) is 21.6 Å². The van der Waals surface area contributed by atoms with E-state index < -0.39 is 17.6 Å². The Morgan fingerprint density at radius 1 is 1.07 bits per heavy atom. The molecule has 4 nitrogen and oxygen atoms in total. The molecule has 0 aliphatic rings. The number of anilines is 1. The van der Waals surface area contributed by atoms with Gasteiger partial charge in [-0.15, -0.1) is 0 Å². The molecule has 0 aliphatic heterocycles. The standard InChI is InChI=1S/C19H12Cl2F3NO3/c20-12-4-6-16(15(21)9-12)27-10-14-5-7-17(28-14)18(26)25-13-3-1-2-11(8-13)19(22,23)24/h1-9H,10H2,(H,25,26). The lowest BCUT2D eigenvalue weighted by atomic mass is 10.2. The van der Waals surface area contributed by atoms with Gasteiger partial charge in [-0.1, -0.05) is 29.3 Å². The third-order valence-electron chi connectivity index (χ3n) is 3.60. The van der Waals surface area contributed by atoms with E-state index in [1.165, 1.54) is 30.3 Å². The minimum Gasteiger partial charge on any atom is -0.484 e. The van der Waals surface area contributed by atoms with Gasteiger partial charge >= 0.3 is 6.18 Å². The highest BCUT2D eigenvalue weighted by Gasteiger charge is 2.30. The van der Waals surface area contributed by atoms with Gasteiger partial charge in [0.2, 0.25) is 0 Å². The summed E-state index contributed by atoms with van der Waals surface area (Å²) in [6, 6.07) is 11.9. The molecule has 0 radical (unpaired) electrons. The summed E-state index contributed by atoms with van der Waals surface area (Å²) < 4.78 is 49.1. The van der Waals surface area contributed by atoms with Crippen molar-refractivity contribution in [3.8, 4) is 5.75 Å². The fourth-order valence-electron chi connectivity index (χ4n) is 2.28. The van der Waals surface area contributed by atoms with Gasteiger partial charge in [0, 0.05) is 10.7 Å². The molecule has 0 spiro atoms. The Kier molecular flexibility index (Phi) is 5.86. The van der Waals surface area contributed by atoms with Crippen LogP contribution in [-0.4, -0.2) is 5.91 Å². The Morgan fingerprint density at radius 2 is 1.86 bits per heavy atom. The quantitative estimate of drug-likeness (QED) is 0.507. The van der Waals surface area contributed by atoms with E-state index in [9.17, 15) is 18.0 Å². The maximum absolute atomic E-state index is 12.7. The minimum absolute atomic E-state index is 0.00179. The second kappa shape index (κ2) is 8.16. The van der Waals surface area contributed by atoms with Crippen molar-refractivity contribution in [2.45, 2.75) is 12.8 Å². The number of nitrogens with one attached hydrogen (secondary N) is 1. The van der Waals surface area contributed by atoms with E-state index in [-0.39, 0.29) is 18.1 Å². The molecule has 146 valence electrons. The predicted molar refractivity (Wildman–Crippen MR) is 98.9 cm³/mol. The molecule has 0 saturated carbocycles. The average molecular weight is 430 g/mol. The van der Waals surface area contributed by atoms with Crippen molar-refractivity contribution in [2.75, 3.05) is 5.32 Å². The Labute approximate surface area is 167 Å². The number of alkyl halides is 3. The minimum atomic E-state index is -4.50. The number of hydrogen-bond donors (Lipinski definition) is 1. The number of carbonyl (C=O) groups is 1. The smallest absolute Gasteiger partial charge is 0.416 e. The second-order valence-corrected chi connectivity index (χ2v) is 6.51. The molecule has 2 aromatic carbocycles. The number of hydrogen-bond acceptors (Lipinski definition) is 3. The molecular formula is C19H12Cl2F3NO3. The topological polar surface area (TPSA) is 51.5 Å². The summed E-state index contributed by atoms with van der Waals surface area (Å²) >= 11 is 11.8. The van der Waals surface area contributed by atoms with E-state index >= 15 is 0 Å². The van der Waals surface area contributed by atoms with Gasteiger partial charge in [-0.05, 0) is 48.5 Å². The van der Waals surface area contributed by atoms with E-state index in [1.807, 2.05) is 0 Å². The van der Waals surface area contributed by atoms with Crippen molar-refractivity contribution in [1.29, 1.82) is 0 Å². The lowest BCUT2D eigenvalue weighted by molar-refractivity contribution is -0.137. The van der Waals surface area contributed by atoms with Gasteiger partial charge in [0.05, 0.1) is 10.6 Å². The number of rotatable bonds is 5. The highest BCUT2D eigenvalue weighted by atomic mass is 35.5. The van der Waals surface area contributed by atoms with Crippen molar-refractivity contribution in [3.05, 3.63) is 81.7 Å². The van der Waals surface area contributed by atoms with Crippen molar-refractivity contribution in [2.24, 2.45) is 0 Å². The van der Waals surface area contributed by atoms with Crippen LogP contribution in [0.3, 0.4) is 0 Å². The van der Waals surface area contributed by atoms with E-state index in [1.54, 1.807) is 12.1 Å². The number of ether oxygens (including phenoxy) is 1. The lowest BCUT2D eigenvalue weighted by Crippen LogP contribution is -2.12. The van der Waals surface area contributed by atoms with Crippen molar-refractivity contribution < 1.29 is 27.1 Å². The number of halogens is 5. The van der Waals surface area contributed by atoms with Gasteiger partial charge in [-0.2, -0.15) is 13.2 Å². The summed E-state index contributed by atoms with van der Waals surface area (Å²) in [5, 5.41) is 3.15. The number of benzene rings is 2. The molecule has 1 heterocycles. The Morgan fingerprint density at radius 3 is 2.57 bits per heavy atom. The predicted octanol–water partition coefficient (Wildman–Crippen LogP) is 6.44. The van der Waals surface area contributed by atoms with Gasteiger partial charge in [-0.25, -0.2) is 0 Å². The summed E-state index contributed by atoms with van der Waals surface area (Å²) in [6.45, 7) is -0.00179. The molecule has 3 rings (SSSR count). The zero-order valence-corrected chi connectivity index (χ0v) is 15.5. The molecular weight excluding hydrogens is 418 g/mol. The Bertz CT molecular complexity index is 1000. The van der Waals surface area contributed by atoms with Crippen LogP contribution in [0.4, 0.5) is 18.9 Å². The molecule has 0 aliphatic carbocycles. The molecule has 0 fully saturated rings. The van der Waals surface area contributed by atoms with Gasteiger partial charge in [-0.3, -0.25) is 4.79 Å². The summed E-state index contributed by atoms with van der Waals surface area (Å²) in [4.78, 5) is 12.2. The Balaban J connectivity index is 1.64. The molecule has 28 heavy (non-hydrogen) atoms. The first kappa shape index (κ1) is 20.1. The molecule has 1 amide bonds. The zero-order chi connectivity index (χ0) is 20.3. The third kappa shape index (κ3) is 4.99. The Hall–Kier alpha value is -2.64. The van der Waals surface area contributed by atoms with Crippen LogP contribution in [0.15, 0.2) is 59.0 Å². The summed E-state index contributed by atoms with van der Waals surface area (Å²) in [5.41, 5.74) is -0.861. The summed E-state index contributed by atoms with van der Waals surface area (Å²) in [5.74, 6) is -0.0362. The van der Waals surface area contributed by atoms with Crippen LogP contribution in [0.25, 0.3) is 0 Å². The first-order valence-corrected chi connectivity index (χ1v) is 8.63. The maximum atomic E-state index is 12.7. The fourth-order valence-corrected chi connectivity index (χ4v) is 2.75. The van der Waals surface area contributed by atoms with Crippen molar-refractivity contribution in [3.63, 3.8) is 0 Å². The van der Waals surface area contributed by atoms with Crippen LogP contribution < -0.4 is 10.1 Å². The number of carbonyl (C=O) groups excluding carboxylic acids is 1. The van der Waals surface area contributed by atoms with Crippen LogP contribution in [0.1, 0.15) is 21.9 Å². The van der Waals surface area contributed by atoms with Crippen LogP contribution in [-0.2, 0) is 12.8 Å². The molecule has 0 bridgehead atoms. The van der Waals surface area contributed by atoms with E-state index in [0.717, 1.165) is 12.1 Å². The zero-order valence-electron chi connectivity index (χ0n) is 14.0. The molecule has 9 heteroatoms. The molecule has 1 N–H and O–H groups in total. The van der Waals surface area contributed by atoms with E-state index in [4.69, 9.17) is 32.4 Å². The number of furan rings is 1. The third-order valence-corrected chi connectivity index (χ3v) is 4.13. The van der Waals surface area contributed by atoms with Crippen LogP contribution in [0, 0.1) is 0 Å². The van der Waals surface area contributed by atoms with E-state index in [2.05, 4.69) is 5.32 Å². The fraction of sp³-hybridized carbons (Fsp3) is 0.105. The molecule has 0 saturated heterocycles. The average Bonchev–Trinajstić information content (AvgIpc) is 3.10. The van der Waals surface area contributed by atoms with Crippen LogP contribution >= 0.6 is 23.2 Å².